The van der Waals surface area contributed by atoms with Crippen molar-refractivity contribution in [3.05, 3.63) is 58.6 Å². The average molecular weight is 300 g/mol. The minimum atomic E-state index is 0.574. The van der Waals surface area contributed by atoms with Gasteiger partial charge in [-0.15, -0.1) is 5.10 Å². The molecule has 0 unspecified atom stereocenters. The van der Waals surface area contributed by atoms with E-state index < -0.39 is 0 Å². The van der Waals surface area contributed by atoms with Crippen LogP contribution >= 0.6 is 11.6 Å². The first-order valence-corrected chi connectivity index (χ1v) is 6.88. The van der Waals surface area contributed by atoms with E-state index in [2.05, 4.69) is 34.6 Å². The van der Waals surface area contributed by atoms with Crippen molar-refractivity contribution in [1.29, 1.82) is 0 Å². The van der Waals surface area contributed by atoms with Gasteiger partial charge in [0.2, 0.25) is 0 Å². The van der Waals surface area contributed by atoms with Gasteiger partial charge in [0.15, 0.2) is 5.82 Å². The Labute approximate surface area is 127 Å². The molecular formula is C15H14ClN5. The molecule has 0 atom stereocenters. The fourth-order valence-corrected chi connectivity index (χ4v) is 2.40. The highest BCUT2D eigenvalue weighted by Crippen LogP contribution is 2.28. The summed E-state index contributed by atoms with van der Waals surface area (Å²) in [5, 5.41) is 12.4. The van der Waals surface area contributed by atoms with Gasteiger partial charge in [-0.05, 0) is 41.1 Å². The summed E-state index contributed by atoms with van der Waals surface area (Å²) in [6.07, 6.45) is 0. The Bertz CT molecular complexity index is 781. The summed E-state index contributed by atoms with van der Waals surface area (Å²) in [6.45, 7) is 2.63. The van der Waals surface area contributed by atoms with E-state index in [9.17, 15) is 0 Å². The van der Waals surface area contributed by atoms with Crippen molar-refractivity contribution in [2.24, 2.45) is 0 Å². The van der Waals surface area contributed by atoms with Gasteiger partial charge in [0.25, 0.3) is 0 Å². The Morgan fingerprint density at radius 3 is 2.86 bits per heavy atom. The predicted octanol–water partition coefficient (Wildman–Crippen LogP) is 2.93. The second-order valence-electron chi connectivity index (χ2n) is 4.89. The SMILES string of the molecule is Cc1cccc(Cn2nnnc2-c2cc(N)ccc2Cl)c1. The van der Waals surface area contributed by atoms with E-state index in [0.29, 0.717) is 23.1 Å². The maximum atomic E-state index is 6.22. The van der Waals surface area contributed by atoms with Crippen LogP contribution in [-0.4, -0.2) is 20.2 Å². The fourth-order valence-electron chi connectivity index (χ4n) is 2.20. The third-order valence-electron chi connectivity index (χ3n) is 3.18. The molecule has 2 N–H and O–H groups in total. The van der Waals surface area contributed by atoms with Crippen LogP contribution < -0.4 is 5.73 Å². The molecule has 0 radical (unpaired) electrons. The highest BCUT2D eigenvalue weighted by atomic mass is 35.5. The monoisotopic (exact) mass is 299 g/mol. The minimum Gasteiger partial charge on any atom is -0.399 e. The number of nitrogens with two attached hydrogens (primary N) is 1. The summed E-state index contributed by atoms with van der Waals surface area (Å²) in [4.78, 5) is 0. The molecule has 0 spiro atoms. The Kier molecular flexibility index (Phi) is 3.58. The molecule has 0 bridgehead atoms. The molecule has 0 saturated carbocycles. The minimum absolute atomic E-state index is 0.574. The zero-order valence-electron chi connectivity index (χ0n) is 11.5. The summed E-state index contributed by atoms with van der Waals surface area (Å²) in [7, 11) is 0. The lowest BCUT2D eigenvalue weighted by Gasteiger charge is -2.07. The van der Waals surface area contributed by atoms with Crippen molar-refractivity contribution < 1.29 is 0 Å². The van der Waals surface area contributed by atoms with Crippen LogP contribution in [0.4, 0.5) is 5.69 Å². The Morgan fingerprint density at radius 2 is 2.05 bits per heavy atom. The molecule has 3 rings (SSSR count). The maximum absolute atomic E-state index is 6.22. The van der Waals surface area contributed by atoms with Gasteiger partial charge in [0, 0.05) is 11.3 Å². The number of tetrazole rings is 1. The Hall–Kier alpha value is -2.40. The number of rotatable bonds is 3. The van der Waals surface area contributed by atoms with Crippen LogP contribution in [-0.2, 0) is 6.54 Å². The number of aryl methyl sites for hydroxylation is 1. The third kappa shape index (κ3) is 2.87. The average Bonchev–Trinajstić information content (AvgIpc) is 2.89. The van der Waals surface area contributed by atoms with Crippen LogP contribution in [0.25, 0.3) is 11.4 Å². The first-order valence-electron chi connectivity index (χ1n) is 6.50. The molecule has 0 aliphatic rings. The molecule has 21 heavy (non-hydrogen) atoms. The standard InChI is InChI=1S/C15H14ClN5/c1-10-3-2-4-11(7-10)9-21-15(18-19-20-21)13-8-12(17)5-6-14(13)16/h2-8H,9,17H2,1H3. The number of hydrogen-bond acceptors (Lipinski definition) is 4. The highest BCUT2D eigenvalue weighted by molar-refractivity contribution is 6.33. The van der Waals surface area contributed by atoms with Gasteiger partial charge in [0.05, 0.1) is 11.6 Å². The van der Waals surface area contributed by atoms with E-state index in [4.69, 9.17) is 17.3 Å². The number of hydrogen-bond donors (Lipinski definition) is 1. The summed E-state index contributed by atoms with van der Waals surface area (Å²) < 4.78 is 1.72. The topological polar surface area (TPSA) is 69.6 Å². The number of anilines is 1. The van der Waals surface area contributed by atoms with E-state index >= 15 is 0 Å². The number of benzene rings is 2. The molecule has 0 aliphatic carbocycles. The highest BCUT2D eigenvalue weighted by Gasteiger charge is 2.13. The lowest BCUT2D eigenvalue weighted by molar-refractivity contribution is 0.653. The van der Waals surface area contributed by atoms with Crippen LogP contribution in [0, 0.1) is 6.92 Å². The Balaban J connectivity index is 1.99. The molecule has 0 amide bonds. The molecule has 106 valence electrons. The summed E-state index contributed by atoms with van der Waals surface area (Å²) in [5.74, 6) is 0.605. The van der Waals surface area contributed by atoms with Gasteiger partial charge in [-0.25, -0.2) is 4.68 Å². The molecule has 1 heterocycles. The van der Waals surface area contributed by atoms with Crippen LogP contribution in [0.2, 0.25) is 5.02 Å². The fraction of sp³-hybridized carbons (Fsp3) is 0.133. The first kappa shape index (κ1) is 13.6. The number of aromatic nitrogens is 4. The van der Waals surface area contributed by atoms with Crippen molar-refractivity contribution in [2.45, 2.75) is 13.5 Å². The molecule has 3 aromatic rings. The van der Waals surface area contributed by atoms with E-state index in [1.54, 1.807) is 22.9 Å². The van der Waals surface area contributed by atoms with Gasteiger partial charge in [-0.2, -0.15) is 0 Å². The summed E-state index contributed by atoms with van der Waals surface area (Å²) >= 11 is 6.22. The Morgan fingerprint density at radius 1 is 1.19 bits per heavy atom. The van der Waals surface area contributed by atoms with Gasteiger partial charge in [-0.3, -0.25) is 0 Å². The van der Waals surface area contributed by atoms with Crippen LogP contribution in [0.5, 0.6) is 0 Å². The smallest absolute Gasteiger partial charge is 0.183 e. The van der Waals surface area contributed by atoms with Crippen molar-refractivity contribution in [3.63, 3.8) is 0 Å². The van der Waals surface area contributed by atoms with Gasteiger partial charge in [0.1, 0.15) is 0 Å². The van der Waals surface area contributed by atoms with Crippen molar-refractivity contribution in [3.8, 4) is 11.4 Å². The molecule has 5 nitrogen and oxygen atoms in total. The zero-order valence-corrected chi connectivity index (χ0v) is 12.2. The predicted molar refractivity (Wildman–Crippen MR) is 83.0 cm³/mol. The number of halogens is 1. The van der Waals surface area contributed by atoms with Gasteiger partial charge >= 0.3 is 0 Å². The van der Waals surface area contributed by atoms with E-state index in [-0.39, 0.29) is 0 Å². The second-order valence-corrected chi connectivity index (χ2v) is 5.30. The van der Waals surface area contributed by atoms with Gasteiger partial charge in [-0.1, -0.05) is 41.4 Å². The van der Waals surface area contributed by atoms with Gasteiger partial charge < -0.3 is 5.73 Å². The summed E-state index contributed by atoms with van der Waals surface area (Å²) in [5.41, 5.74) is 9.50. The van der Waals surface area contributed by atoms with E-state index in [1.165, 1.54) is 5.56 Å². The number of nitrogen functional groups attached to an aromatic ring is 1. The molecule has 0 aliphatic heterocycles. The third-order valence-corrected chi connectivity index (χ3v) is 3.51. The van der Waals surface area contributed by atoms with Crippen molar-refractivity contribution >= 4 is 17.3 Å². The lowest BCUT2D eigenvalue weighted by atomic mass is 10.1. The largest absolute Gasteiger partial charge is 0.399 e. The van der Waals surface area contributed by atoms with Crippen molar-refractivity contribution in [1.82, 2.24) is 20.2 Å². The molecule has 0 saturated heterocycles. The van der Waals surface area contributed by atoms with Crippen LogP contribution in [0.3, 0.4) is 0 Å². The first-order chi connectivity index (χ1) is 10.1. The molecule has 2 aromatic carbocycles. The molecule has 0 fully saturated rings. The van der Waals surface area contributed by atoms with E-state index in [1.807, 2.05) is 12.1 Å². The molecule has 1 aromatic heterocycles. The van der Waals surface area contributed by atoms with Crippen LogP contribution in [0.1, 0.15) is 11.1 Å². The van der Waals surface area contributed by atoms with E-state index in [0.717, 1.165) is 11.1 Å². The lowest BCUT2D eigenvalue weighted by Crippen LogP contribution is -2.05. The zero-order chi connectivity index (χ0) is 14.8. The summed E-state index contributed by atoms with van der Waals surface area (Å²) in [6, 6.07) is 13.5. The molecule has 6 heteroatoms. The van der Waals surface area contributed by atoms with Crippen molar-refractivity contribution in [2.75, 3.05) is 5.73 Å². The quantitative estimate of drug-likeness (QED) is 0.755. The van der Waals surface area contributed by atoms with Crippen LogP contribution in [0.15, 0.2) is 42.5 Å². The second kappa shape index (κ2) is 5.54. The normalized spacial score (nSPS) is 10.8. The number of nitrogens with zero attached hydrogens (tertiary/aromatic N) is 4. The maximum Gasteiger partial charge on any atom is 0.183 e. The molecular weight excluding hydrogens is 286 g/mol.